The minimum absolute atomic E-state index is 0.275. The van der Waals surface area contributed by atoms with Gasteiger partial charge in [-0.25, -0.2) is 8.78 Å². The molecule has 0 saturated heterocycles. The number of furan rings is 1. The van der Waals surface area contributed by atoms with E-state index < -0.39 is 5.82 Å². The SMILES string of the molecule is Cc1cc(F)ccc1-c1ccc(CNc2ccncc2F)o1. The van der Waals surface area contributed by atoms with E-state index in [-0.39, 0.29) is 5.82 Å². The van der Waals surface area contributed by atoms with Gasteiger partial charge in [0.2, 0.25) is 0 Å². The Labute approximate surface area is 126 Å². The lowest BCUT2D eigenvalue weighted by atomic mass is 10.1. The van der Waals surface area contributed by atoms with Crippen molar-refractivity contribution in [2.75, 3.05) is 5.32 Å². The molecule has 1 N–H and O–H groups in total. The normalized spacial score (nSPS) is 10.7. The fourth-order valence-electron chi connectivity index (χ4n) is 2.22. The monoisotopic (exact) mass is 300 g/mol. The molecular weight excluding hydrogens is 286 g/mol. The summed E-state index contributed by atoms with van der Waals surface area (Å²) in [6, 6.07) is 9.73. The molecular formula is C17H14F2N2O. The zero-order valence-corrected chi connectivity index (χ0v) is 11.9. The third-order valence-electron chi connectivity index (χ3n) is 3.34. The summed E-state index contributed by atoms with van der Waals surface area (Å²) in [7, 11) is 0. The topological polar surface area (TPSA) is 38.1 Å². The molecule has 2 aromatic heterocycles. The first-order valence-corrected chi connectivity index (χ1v) is 6.82. The van der Waals surface area contributed by atoms with Crippen molar-refractivity contribution in [3.63, 3.8) is 0 Å². The van der Waals surface area contributed by atoms with Gasteiger partial charge in [-0.3, -0.25) is 4.98 Å². The summed E-state index contributed by atoms with van der Waals surface area (Å²) in [6.07, 6.45) is 2.67. The lowest BCUT2D eigenvalue weighted by Crippen LogP contribution is -2.00. The van der Waals surface area contributed by atoms with Crippen LogP contribution in [0.1, 0.15) is 11.3 Å². The first-order valence-electron chi connectivity index (χ1n) is 6.82. The zero-order valence-electron chi connectivity index (χ0n) is 11.9. The summed E-state index contributed by atoms with van der Waals surface area (Å²) < 4.78 is 32.3. The molecule has 22 heavy (non-hydrogen) atoms. The number of rotatable bonds is 4. The van der Waals surface area contributed by atoms with Gasteiger partial charge in [-0.2, -0.15) is 0 Å². The average Bonchev–Trinajstić information content (AvgIpc) is 2.95. The minimum Gasteiger partial charge on any atom is -0.459 e. The van der Waals surface area contributed by atoms with Crippen molar-refractivity contribution < 1.29 is 13.2 Å². The number of nitrogens with one attached hydrogen (secondary N) is 1. The molecule has 0 aliphatic carbocycles. The Hall–Kier alpha value is -2.69. The van der Waals surface area contributed by atoms with Gasteiger partial charge >= 0.3 is 0 Å². The lowest BCUT2D eigenvalue weighted by Gasteiger charge is -2.05. The van der Waals surface area contributed by atoms with Crippen molar-refractivity contribution in [2.45, 2.75) is 13.5 Å². The van der Waals surface area contributed by atoms with Gasteiger partial charge in [-0.1, -0.05) is 0 Å². The summed E-state index contributed by atoms with van der Waals surface area (Å²) in [4.78, 5) is 3.69. The molecule has 0 saturated carbocycles. The summed E-state index contributed by atoms with van der Waals surface area (Å²) >= 11 is 0. The van der Waals surface area contributed by atoms with Crippen molar-refractivity contribution >= 4 is 5.69 Å². The predicted molar refractivity (Wildman–Crippen MR) is 80.4 cm³/mol. The van der Waals surface area contributed by atoms with Crippen LogP contribution in [0.2, 0.25) is 0 Å². The second kappa shape index (κ2) is 5.97. The highest BCUT2D eigenvalue weighted by molar-refractivity contribution is 5.62. The molecule has 0 atom stereocenters. The number of halogens is 2. The Morgan fingerprint density at radius 3 is 2.77 bits per heavy atom. The molecule has 3 rings (SSSR count). The Morgan fingerprint density at radius 2 is 2.00 bits per heavy atom. The largest absolute Gasteiger partial charge is 0.459 e. The average molecular weight is 300 g/mol. The van der Waals surface area contributed by atoms with Crippen LogP contribution in [-0.2, 0) is 6.54 Å². The van der Waals surface area contributed by atoms with Gasteiger partial charge in [-0.05, 0) is 48.9 Å². The van der Waals surface area contributed by atoms with Gasteiger partial charge in [0.1, 0.15) is 17.3 Å². The van der Waals surface area contributed by atoms with E-state index in [9.17, 15) is 8.78 Å². The van der Waals surface area contributed by atoms with Crippen LogP contribution < -0.4 is 5.32 Å². The molecule has 0 aliphatic heterocycles. The van der Waals surface area contributed by atoms with Crippen LogP contribution in [0.5, 0.6) is 0 Å². The zero-order chi connectivity index (χ0) is 15.5. The number of aryl methyl sites for hydroxylation is 1. The highest BCUT2D eigenvalue weighted by Crippen LogP contribution is 2.26. The molecule has 0 fully saturated rings. The van der Waals surface area contributed by atoms with Gasteiger partial charge in [0.15, 0.2) is 5.82 Å². The molecule has 0 radical (unpaired) electrons. The van der Waals surface area contributed by atoms with Crippen LogP contribution in [0.3, 0.4) is 0 Å². The maximum Gasteiger partial charge on any atom is 0.164 e. The van der Waals surface area contributed by atoms with Crippen molar-refractivity contribution in [1.29, 1.82) is 0 Å². The first-order chi connectivity index (χ1) is 10.6. The van der Waals surface area contributed by atoms with Crippen LogP contribution in [0, 0.1) is 18.6 Å². The summed E-state index contributed by atoms with van der Waals surface area (Å²) in [5.41, 5.74) is 2.00. The van der Waals surface area contributed by atoms with E-state index in [1.54, 1.807) is 12.1 Å². The van der Waals surface area contributed by atoms with Crippen LogP contribution in [0.4, 0.5) is 14.5 Å². The first kappa shape index (κ1) is 14.3. The molecule has 0 bridgehead atoms. The van der Waals surface area contributed by atoms with Crippen molar-refractivity contribution in [3.05, 3.63) is 71.8 Å². The standard InChI is InChI=1S/C17H14F2N2O/c1-11-8-12(18)2-4-14(11)17-5-3-13(22-17)9-21-16-6-7-20-10-15(16)19/h2-8,10H,9H2,1H3,(H,20,21). The van der Waals surface area contributed by atoms with Crippen molar-refractivity contribution in [1.82, 2.24) is 4.98 Å². The third-order valence-corrected chi connectivity index (χ3v) is 3.34. The second-order valence-electron chi connectivity index (χ2n) is 4.93. The van der Waals surface area contributed by atoms with E-state index in [1.165, 1.54) is 18.3 Å². The maximum atomic E-state index is 13.5. The van der Waals surface area contributed by atoms with E-state index >= 15 is 0 Å². The van der Waals surface area contributed by atoms with Crippen LogP contribution in [0.15, 0.2) is 53.2 Å². The second-order valence-corrected chi connectivity index (χ2v) is 4.93. The van der Waals surface area contributed by atoms with E-state index in [1.807, 2.05) is 19.1 Å². The molecule has 0 unspecified atom stereocenters. The number of nitrogens with zero attached hydrogens (tertiary/aromatic N) is 1. The highest BCUT2D eigenvalue weighted by atomic mass is 19.1. The van der Waals surface area contributed by atoms with Crippen LogP contribution in [0.25, 0.3) is 11.3 Å². The number of aromatic nitrogens is 1. The molecule has 2 heterocycles. The van der Waals surface area contributed by atoms with Crippen LogP contribution in [-0.4, -0.2) is 4.98 Å². The highest BCUT2D eigenvalue weighted by Gasteiger charge is 2.09. The Balaban J connectivity index is 1.75. The van der Waals surface area contributed by atoms with Gasteiger partial charge in [0.05, 0.1) is 18.4 Å². The number of anilines is 1. The summed E-state index contributed by atoms with van der Waals surface area (Å²) in [6.45, 7) is 2.17. The maximum absolute atomic E-state index is 13.5. The molecule has 0 amide bonds. The molecule has 112 valence electrons. The third kappa shape index (κ3) is 2.98. The Morgan fingerprint density at radius 1 is 1.14 bits per heavy atom. The number of benzene rings is 1. The molecule has 3 nitrogen and oxygen atoms in total. The van der Waals surface area contributed by atoms with E-state index in [4.69, 9.17) is 4.42 Å². The predicted octanol–water partition coefficient (Wildman–Crippen LogP) is 4.54. The van der Waals surface area contributed by atoms with E-state index in [0.717, 1.165) is 17.3 Å². The van der Waals surface area contributed by atoms with E-state index in [0.29, 0.717) is 23.8 Å². The fourth-order valence-corrected chi connectivity index (χ4v) is 2.22. The molecule has 5 heteroatoms. The van der Waals surface area contributed by atoms with E-state index in [2.05, 4.69) is 10.3 Å². The van der Waals surface area contributed by atoms with Crippen LogP contribution >= 0.6 is 0 Å². The molecule has 3 aromatic rings. The quantitative estimate of drug-likeness (QED) is 0.768. The smallest absolute Gasteiger partial charge is 0.164 e. The minimum atomic E-state index is -0.413. The summed E-state index contributed by atoms with van der Waals surface area (Å²) in [5, 5.41) is 2.95. The molecule has 0 spiro atoms. The summed E-state index contributed by atoms with van der Waals surface area (Å²) in [5.74, 6) is 0.631. The van der Waals surface area contributed by atoms with Gasteiger partial charge < -0.3 is 9.73 Å². The number of hydrogen-bond acceptors (Lipinski definition) is 3. The Kier molecular flexibility index (Phi) is 3.87. The molecule has 0 aliphatic rings. The molecule has 1 aromatic carbocycles. The Bertz CT molecular complexity index is 799. The van der Waals surface area contributed by atoms with Crippen molar-refractivity contribution in [2.24, 2.45) is 0 Å². The fraction of sp³-hybridized carbons (Fsp3) is 0.118. The van der Waals surface area contributed by atoms with Gasteiger partial charge in [-0.15, -0.1) is 0 Å². The number of hydrogen-bond donors (Lipinski definition) is 1. The lowest BCUT2D eigenvalue weighted by molar-refractivity contribution is 0.530. The number of pyridine rings is 1. The van der Waals surface area contributed by atoms with Gasteiger partial charge in [0, 0.05) is 11.8 Å². The van der Waals surface area contributed by atoms with Gasteiger partial charge in [0.25, 0.3) is 0 Å². The van der Waals surface area contributed by atoms with Crippen molar-refractivity contribution in [3.8, 4) is 11.3 Å².